The van der Waals surface area contributed by atoms with Gasteiger partial charge in [-0.2, -0.15) is 13.2 Å². The van der Waals surface area contributed by atoms with Crippen LogP contribution in [0.3, 0.4) is 0 Å². The van der Waals surface area contributed by atoms with Crippen LogP contribution in [-0.2, 0) is 0 Å². The number of likely N-dealkylation sites (N-methyl/N-ethyl adjacent to an activating group) is 1. The van der Waals surface area contributed by atoms with E-state index in [2.05, 4.69) is 5.32 Å². The first-order chi connectivity index (χ1) is 7.44. The molecule has 0 aliphatic rings. The Hall–Kier alpha value is -0.290. The van der Waals surface area contributed by atoms with Crippen LogP contribution in [0.15, 0.2) is 0 Å². The van der Waals surface area contributed by atoms with Crippen LogP contribution in [0.5, 0.6) is 0 Å². The van der Waals surface area contributed by atoms with Crippen molar-refractivity contribution in [3.05, 3.63) is 0 Å². The Morgan fingerprint density at radius 3 is 2.19 bits per heavy atom. The maximum absolute atomic E-state index is 12.3. The number of hydrogen-bond acceptors (Lipinski definition) is 2. The van der Waals surface area contributed by atoms with Gasteiger partial charge < -0.3 is 5.32 Å². The molecule has 0 heterocycles. The summed E-state index contributed by atoms with van der Waals surface area (Å²) < 4.78 is 36.9. The molecule has 2 nitrogen and oxygen atoms in total. The van der Waals surface area contributed by atoms with Crippen LogP contribution < -0.4 is 5.32 Å². The molecule has 0 aromatic heterocycles. The topological polar surface area (TPSA) is 15.3 Å². The lowest BCUT2D eigenvalue weighted by atomic mass is 10.2. The van der Waals surface area contributed by atoms with Crippen LogP contribution in [-0.4, -0.2) is 43.3 Å². The van der Waals surface area contributed by atoms with Crippen molar-refractivity contribution in [2.45, 2.75) is 45.8 Å². The first kappa shape index (κ1) is 15.7. The third kappa shape index (κ3) is 7.06. The lowest BCUT2D eigenvalue weighted by Crippen LogP contribution is -2.46. The average molecular weight is 240 g/mol. The quantitative estimate of drug-likeness (QED) is 0.656. The molecule has 0 spiro atoms. The Kier molecular flexibility index (Phi) is 7.76. The van der Waals surface area contributed by atoms with Crippen molar-refractivity contribution in [1.29, 1.82) is 0 Å². The molecule has 0 aliphatic carbocycles. The Balaban J connectivity index is 4.16. The molecule has 16 heavy (non-hydrogen) atoms. The molecule has 0 bridgehead atoms. The number of alkyl halides is 3. The van der Waals surface area contributed by atoms with E-state index in [1.165, 1.54) is 4.90 Å². The molecular weight excluding hydrogens is 217 g/mol. The summed E-state index contributed by atoms with van der Waals surface area (Å²) in [6.07, 6.45) is -2.36. The van der Waals surface area contributed by atoms with Crippen molar-refractivity contribution in [2.75, 3.05) is 26.2 Å². The Morgan fingerprint density at radius 2 is 1.81 bits per heavy atom. The second-order valence-electron chi connectivity index (χ2n) is 3.94. The van der Waals surface area contributed by atoms with E-state index in [9.17, 15) is 13.2 Å². The highest BCUT2D eigenvalue weighted by Crippen LogP contribution is 2.18. The van der Waals surface area contributed by atoms with Gasteiger partial charge in [-0.05, 0) is 25.9 Å². The fourth-order valence-corrected chi connectivity index (χ4v) is 1.71. The second kappa shape index (κ2) is 7.90. The van der Waals surface area contributed by atoms with Gasteiger partial charge in [0.2, 0.25) is 0 Å². The van der Waals surface area contributed by atoms with Gasteiger partial charge in [0, 0.05) is 12.6 Å². The van der Waals surface area contributed by atoms with Crippen LogP contribution in [0.1, 0.15) is 33.6 Å². The predicted octanol–water partition coefficient (Wildman–Crippen LogP) is 2.65. The lowest BCUT2D eigenvalue weighted by molar-refractivity contribution is -0.150. The van der Waals surface area contributed by atoms with E-state index < -0.39 is 12.7 Å². The van der Waals surface area contributed by atoms with Crippen molar-refractivity contribution < 1.29 is 13.2 Å². The van der Waals surface area contributed by atoms with Crippen LogP contribution in [0.2, 0.25) is 0 Å². The third-order valence-corrected chi connectivity index (χ3v) is 2.58. The molecule has 0 amide bonds. The van der Waals surface area contributed by atoms with Gasteiger partial charge in [0.05, 0.1) is 6.54 Å². The van der Waals surface area contributed by atoms with E-state index in [-0.39, 0.29) is 6.04 Å². The Morgan fingerprint density at radius 1 is 1.19 bits per heavy atom. The van der Waals surface area contributed by atoms with Gasteiger partial charge in [-0.1, -0.05) is 20.8 Å². The van der Waals surface area contributed by atoms with Crippen molar-refractivity contribution in [3.8, 4) is 0 Å². The molecule has 0 radical (unpaired) electrons. The van der Waals surface area contributed by atoms with E-state index in [1.54, 1.807) is 6.92 Å². The largest absolute Gasteiger partial charge is 0.401 e. The van der Waals surface area contributed by atoms with E-state index in [4.69, 9.17) is 0 Å². The smallest absolute Gasteiger partial charge is 0.315 e. The molecule has 0 rings (SSSR count). The summed E-state index contributed by atoms with van der Waals surface area (Å²) in [4.78, 5) is 1.49. The molecule has 1 unspecified atom stereocenters. The summed E-state index contributed by atoms with van der Waals surface area (Å²) in [6.45, 7) is 6.86. The first-order valence-corrected chi connectivity index (χ1v) is 5.96. The van der Waals surface area contributed by atoms with Gasteiger partial charge >= 0.3 is 6.18 Å². The van der Waals surface area contributed by atoms with Crippen molar-refractivity contribution in [1.82, 2.24) is 10.2 Å². The number of halogens is 3. The maximum atomic E-state index is 12.3. The molecule has 0 saturated heterocycles. The summed E-state index contributed by atoms with van der Waals surface area (Å²) in [5.74, 6) is 0. The molecule has 98 valence electrons. The summed E-state index contributed by atoms with van der Waals surface area (Å²) in [7, 11) is 0. The number of rotatable bonds is 8. The van der Waals surface area contributed by atoms with Gasteiger partial charge in [-0.15, -0.1) is 0 Å². The maximum Gasteiger partial charge on any atom is 0.401 e. The molecule has 1 N–H and O–H groups in total. The SMILES string of the molecule is CCCNCC(CC)N(CC)CC(F)(F)F. The standard InChI is InChI=1S/C11H23F3N2/c1-4-7-15-8-10(5-2)16(6-3)9-11(12,13)14/h10,15H,4-9H2,1-3H3. The predicted molar refractivity (Wildman–Crippen MR) is 60.5 cm³/mol. The van der Waals surface area contributed by atoms with Crippen LogP contribution in [0, 0.1) is 0 Å². The number of hydrogen-bond donors (Lipinski definition) is 1. The van der Waals surface area contributed by atoms with Gasteiger partial charge in [-0.3, -0.25) is 4.90 Å². The molecule has 0 fully saturated rings. The van der Waals surface area contributed by atoms with Crippen LogP contribution in [0.25, 0.3) is 0 Å². The average Bonchev–Trinajstić information content (AvgIpc) is 2.20. The van der Waals surface area contributed by atoms with Crippen molar-refractivity contribution in [2.24, 2.45) is 0 Å². The zero-order valence-corrected chi connectivity index (χ0v) is 10.4. The number of nitrogens with one attached hydrogen (secondary N) is 1. The van der Waals surface area contributed by atoms with E-state index in [0.717, 1.165) is 19.4 Å². The molecule has 5 heteroatoms. The number of nitrogens with zero attached hydrogens (tertiary/aromatic N) is 1. The summed E-state index contributed by atoms with van der Waals surface area (Å²) in [5.41, 5.74) is 0. The highest BCUT2D eigenvalue weighted by molar-refractivity contribution is 4.74. The minimum absolute atomic E-state index is 0.0295. The molecule has 0 aliphatic heterocycles. The first-order valence-electron chi connectivity index (χ1n) is 5.96. The molecular formula is C11H23F3N2. The fourth-order valence-electron chi connectivity index (χ4n) is 1.71. The Labute approximate surface area is 96.2 Å². The van der Waals surface area contributed by atoms with E-state index >= 15 is 0 Å². The second-order valence-corrected chi connectivity index (χ2v) is 3.94. The highest BCUT2D eigenvalue weighted by Gasteiger charge is 2.32. The van der Waals surface area contributed by atoms with Crippen molar-refractivity contribution >= 4 is 0 Å². The molecule has 0 saturated carbocycles. The minimum atomic E-state index is -4.10. The highest BCUT2D eigenvalue weighted by atomic mass is 19.4. The molecule has 0 aromatic rings. The van der Waals surface area contributed by atoms with E-state index in [0.29, 0.717) is 13.1 Å². The third-order valence-electron chi connectivity index (χ3n) is 2.58. The van der Waals surface area contributed by atoms with Gasteiger partial charge in [0.15, 0.2) is 0 Å². The summed E-state index contributed by atoms with van der Waals surface area (Å²) in [6, 6.07) is -0.0295. The van der Waals surface area contributed by atoms with Crippen molar-refractivity contribution in [3.63, 3.8) is 0 Å². The molecule has 0 aromatic carbocycles. The monoisotopic (exact) mass is 240 g/mol. The van der Waals surface area contributed by atoms with Gasteiger partial charge in [0.25, 0.3) is 0 Å². The summed E-state index contributed by atoms with van der Waals surface area (Å²) in [5, 5.41) is 3.18. The van der Waals surface area contributed by atoms with Crippen LogP contribution in [0.4, 0.5) is 13.2 Å². The van der Waals surface area contributed by atoms with E-state index in [1.807, 2.05) is 13.8 Å². The minimum Gasteiger partial charge on any atom is -0.315 e. The van der Waals surface area contributed by atoms with Gasteiger partial charge in [0.1, 0.15) is 0 Å². The zero-order valence-electron chi connectivity index (χ0n) is 10.4. The lowest BCUT2D eigenvalue weighted by Gasteiger charge is -2.30. The zero-order chi connectivity index (χ0) is 12.6. The van der Waals surface area contributed by atoms with Crippen LogP contribution >= 0.6 is 0 Å². The fraction of sp³-hybridized carbons (Fsp3) is 1.00. The van der Waals surface area contributed by atoms with Gasteiger partial charge in [-0.25, -0.2) is 0 Å². The molecule has 1 atom stereocenters. The summed E-state index contributed by atoms with van der Waals surface area (Å²) >= 11 is 0. The normalized spacial score (nSPS) is 14.4. The Bertz CT molecular complexity index is 171.